The molecule has 1 N–H and O–H groups in total. The molecule has 122 valence electrons. The van der Waals surface area contributed by atoms with Crippen molar-refractivity contribution in [2.24, 2.45) is 0 Å². The minimum Gasteiger partial charge on any atom is -0.469 e. The fraction of sp³-hybridized carbons (Fsp3) is 0.333. The molecule has 0 aliphatic heterocycles. The third-order valence-corrected chi connectivity index (χ3v) is 3.04. The Morgan fingerprint density at radius 3 is 2.74 bits per heavy atom. The molecule has 0 spiro atoms. The van der Waals surface area contributed by atoms with Gasteiger partial charge in [-0.2, -0.15) is 0 Å². The van der Waals surface area contributed by atoms with Gasteiger partial charge in [-0.1, -0.05) is 6.07 Å². The maximum atomic E-state index is 12.0. The molecule has 0 fully saturated rings. The van der Waals surface area contributed by atoms with Gasteiger partial charge in [-0.05, 0) is 19.1 Å². The highest BCUT2D eigenvalue weighted by atomic mass is 16.5. The minimum atomic E-state index is -0.625. The van der Waals surface area contributed by atoms with Gasteiger partial charge in [0.15, 0.2) is 11.5 Å². The van der Waals surface area contributed by atoms with Crippen molar-refractivity contribution >= 4 is 29.3 Å². The molecule has 2 aromatic heterocycles. The van der Waals surface area contributed by atoms with Gasteiger partial charge >= 0.3 is 11.9 Å². The molecule has 8 heteroatoms. The van der Waals surface area contributed by atoms with E-state index in [2.05, 4.69) is 15.0 Å². The highest BCUT2D eigenvalue weighted by Crippen LogP contribution is 2.19. The molecular weight excluding hydrogens is 302 g/mol. The van der Waals surface area contributed by atoms with Crippen LogP contribution >= 0.6 is 0 Å². The third-order valence-electron chi connectivity index (χ3n) is 3.04. The topological polar surface area (TPSA) is 99.0 Å². The number of nitrogens with zero attached hydrogens (tertiary/aromatic N) is 2. The molecule has 0 aliphatic rings. The van der Waals surface area contributed by atoms with Crippen LogP contribution in [0.15, 0.2) is 24.4 Å². The van der Waals surface area contributed by atoms with Crippen molar-refractivity contribution in [1.29, 1.82) is 0 Å². The SMILES string of the molecule is CCOC(=O)c1nc2ccccn2c1NC(=O)CCC(=O)OC. The number of ether oxygens (including phenoxy) is 2. The summed E-state index contributed by atoms with van der Waals surface area (Å²) in [6.45, 7) is 1.88. The molecule has 2 aromatic rings. The summed E-state index contributed by atoms with van der Waals surface area (Å²) in [5.41, 5.74) is 0.517. The van der Waals surface area contributed by atoms with E-state index in [1.54, 1.807) is 35.7 Å². The standard InChI is InChI=1S/C15H17N3O5/c1-3-23-15(21)13-14(17-11(19)7-8-12(20)22-2)18-9-5-4-6-10(18)16-13/h4-6,9H,3,7-8H2,1-2H3,(H,17,19). The van der Waals surface area contributed by atoms with Gasteiger partial charge < -0.3 is 14.8 Å². The summed E-state index contributed by atoms with van der Waals surface area (Å²) >= 11 is 0. The van der Waals surface area contributed by atoms with E-state index in [1.165, 1.54) is 7.11 Å². The zero-order valence-electron chi connectivity index (χ0n) is 12.9. The van der Waals surface area contributed by atoms with E-state index in [9.17, 15) is 14.4 Å². The molecule has 2 rings (SSSR count). The van der Waals surface area contributed by atoms with E-state index in [0.717, 1.165) is 0 Å². The highest BCUT2D eigenvalue weighted by Gasteiger charge is 2.21. The summed E-state index contributed by atoms with van der Waals surface area (Å²) in [6, 6.07) is 5.21. The molecule has 0 atom stereocenters. The number of hydrogen-bond acceptors (Lipinski definition) is 6. The number of anilines is 1. The van der Waals surface area contributed by atoms with Crippen molar-refractivity contribution in [1.82, 2.24) is 9.38 Å². The van der Waals surface area contributed by atoms with Crippen LogP contribution in [0.1, 0.15) is 30.3 Å². The van der Waals surface area contributed by atoms with E-state index >= 15 is 0 Å². The predicted molar refractivity (Wildman–Crippen MR) is 81.0 cm³/mol. The van der Waals surface area contributed by atoms with Gasteiger partial charge in [-0.3, -0.25) is 14.0 Å². The summed E-state index contributed by atoms with van der Waals surface area (Å²) in [5.74, 6) is -1.32. The van der Waals surface area contributed by atoms with Gasteiger partial charge in [-0.15, -0.1) is 0 Å². The maximum Gasteiger partial charge on any atom is 0.360 e. The first-order chi connectivity index (χ1) is 11.1. The molecule has 0 saturated carbocycles. The normalized spacial score (nSPS) is 10.3. The fourth-order valence-corrected chi connectivity index (χ4v) is 1.97. The van der Waals surface area contributed by atoms with Crippen LogP contribution in [0.5, 0.6) is 0 Å². The second-order valence-corrected chi connectivity index (χ2v) is 4.58. The molecule has 2 heterocycles. The molecule has 8 nitrogen and oxygen atoms in total. The molecule has 0 aliphatic carbocycles. The smallest absolute Gasteiger partial charge is 0.360 e. The van der Waals surface area contributed by atoms with Crippen LogP contribution in [0.4, 0.5) is 5.82 Å². The molecule has 0 radical (unpaired) electrons. The number of carbonyl (C=O) groups excluding carboxylic acids is 3. The van der Waals surface area contributed by atoms with Gasteiger partial charge in [-0.25, -0.2) is 9.78 Å². The average molecular weight is 319 g/mol. The van der Waals surface area contributed by atoms with Crippen molar-refractivity contribution in [3.05, 3.63) is 30.1 Å². The predicted octanol–water partition coefficient (Wildman–Crippen LogP) is 1.40. The van der Waals surface area contributed by atoms with Crippen molar-refractivity contribution in [2.75, 3.05) is 19.0 Å². The minimum absolute atomic E-state index is 0.0180. The van der Waals surface area contributed by atoms with E-state index in [1.807, 2.05) is 0 Å². The number of fused-ring (bicyclic) bond motifs is 1. The summed E-state index contributed by atoms with van der Waals surface area (Å²) in [6.07, 6.45) is 1.56. The lowest BCUT2D eigenvalue weighted by molar-refractivity contribution is -0.141. The zero-order chi connectivity index (χ0) is 16.8. The Labute approximate surface area is 132 Å². The van der Waals surface area contributed by atoms with E-state index in [4.69, 9.17) is 4.74 Å². The van der Waals surface area contributed by atoms with Crippen LogP contribution in [-0.4, -0.2) is 40.9 Å². The monoisotopic (exact) mass is 319 g/mol. The first-order valence-electron chi connectivity index (χ1n) is 7.07. The van der Waals surface area contributed by atoms with Crippen LogP contribution in [0, 0.1) is 0 Å². The average Bonchev–Trinajstić information content (AvgIpc) is 2.91. The molecule has 0 aromatic carbocycles. The summed E-state index contributed by atoms with van der Waals surface area (Å²) in [7, 11) is 1.25. The number of amides is 1. The lowest BCUT2D eigenvalue weighted by Gasteiger charge is -2.07. The van der Waals surface area contributed by atoms with Crippen LogP contribution < -0.4 is 5.32 Å². The van der Waals surface area contributed by atoms with Gasteiger partial charge in [0.05, 0.1) is 20.1 Å². The Morgan fingerprint density at radius 1 is 1.26 bits per heavy atom. The van der Waals surface area contributed by atoms with Gasteiger partial charge in [0.25, 0.3) is 0 Å². The first-order valence-corrected chi connectivity index (χ1v) is 7.07. The lowest BCUT2D eigenvalue weighted by Crippen LogP contribution is -2.18. The number of esters is 2. The molecule has 23 heavy (non-hydrogen) atoms. The summed E-state index contributed by atoms with van der Waals surface area (Å²) in [5, 5.41) is 2.61. The number of hydrogen-bond donors (Lipinski definition) is 1. The number of methoxy groups -OCH3 is 1. The molecular formula is C15H17N3O5. The first kappa shape index (κ1) is 16.5. The lowest BCUT2D eigenvalue weighted by atomic mass is 10.3. The Balaban J connectivity index is 2.26. The third kappa shape index (κ3) is 3.85. The van der Waals surface area contributed by atoms with Gasteiger partial charge in [0.2, 0.25) is 5.91 Å². The summed E-state index contributed by atoms with van der Waals surface area (Å²) in [4.78, 5) is 39.3. The Bertz CT molecular complexity index is 738. The second-order valence-electron chi connectivity index (χ2n) is 4.58. The highest BCUT2D eigenvalue weighted by molar-refractivity contribution is 6.00. The van der Waals surface area contributed by atoms with E-state index < -0.39 is 17.8 Å². The molecule has 0 bridgehead atoms. The number of nitrogens with one attached hydrogen (secondary N) is 1. The van der Waals surface area contributed by atoms with Crippen LogP contribution in [-0.2, 0) is 19.1 Å². The summed E-state index contributed by atoms with van der Waals surface area (Å²) < 4.78 is 11.0. The largest absolute Gasteiger partial charge is 0.469 e. The van der Waals surface area contributed by atoms with Crippen LogP contribution in [0.3, 0.4) is 0 Å². The Hall–Kier alpha value is -2.90. The number of pyridine rings is 1. The van der Waals surface area contributed by atoms with Crippen LogP contribution in [0.2, 0.25) is 0 Å². The Morgan fingerprint density at radius 2 is 2.04 bits per heavy atom. The van der Waals surface area contributed by atoms with Crippen molar-refractivity contribution in [3.63, 3.8) is 0 Å². The second kappa shape index (κ2) is 7.39. The quantitative estimate of drug-likeness (QED) is 0.808. The zero-order valence-corrected chi connectivity index (χ0v) is 12.9. The van der Waals surface area contributed by atoms with Gasteiger partial charge in [0, 0.05) is 12.6 Å². The van der Waals surface area contributed by atoms with Crippen molar-refractivity contribution in [3.8, 4) is 0 Å². The fourth-order valence-electron chi connectivity index (χ4n) is 1.97. The van der Waals surface area contributed by atoms with Crippen molar-refractivity contribution in [2.45, 2.75) is 19.8 Å². The number of carbonyl (C=O) groups is 3. The van der Waals surface area contributed by atoms with Gasteiger partial charge in [0.1, 0.15) is 5.65 Å². The molecule has 0 saturated heterocycles. The molecule has 1 amide bonds. The number of aromatic nitrogens is 2. The Kier molecular flexibility index (Phi) is 5.29. The number of imidazole rings is 1. The van der Waals surface area contributed by atoms with E-state index in [-0.39, 0.29) is 31.0 Å². The van der Waals surface area contributed by atoms with Crippen molar-refractivity contribution < 1.29 is 23.9 Å². The maximum absolute atomic E-state index is 12.0. The van der Waals surface area contributed by atoms with E-state index in [0.29, 0.717) is 5.65 Å². The number of rotatable bonds is 6. The molecule has 0 unspecified atom stereocenters. The van der Waals surface area contributed by atoms with Crippen LogP contribution in [0.25, 0.3) is 5.65 Å².